The van der Waals surface area contributed by atoms with E-state index in [-0.39, 0.29) is 0 Å². The van der Waals surface area contributed by atoms with Crippen LogP contribution in [0.3, 0.4) is 0 Å². The van der Waals surface area contributed by atoms with Gasteiger partial charge in [0.05, 0.1) is 11.4 Å². The van der Waals surface area contributed by atoms with E-state index < -0.39 is 0 Å². The molecule has 0 spiro atoms. The zero-order valence-corrected chi connectivity index (χ0v) is 15.9. The van der Waals surface area contributed by atoms with Crippen LogP contribution < -0.4 is 5.32 Å². The number of hydrogen-bond donors (Lipinski definition) is 1. The van der Waals surface area contributed by atoms with Gasteiger partial charge in [-0.15, -0.1) is 11.3 Å². The largest absolute Gasteiger partial charge is 0.339 e. The molecule has 7 heteroatoms. The Morgan fingerprint density at radius 1 is 1.15 bits per heavy atom. The molecule has 4 aromatic rings. The van der Waals surface area contributed by atoms with Crippen molar-refractivity contribution in [2.75, 3.05) is 6.54 Å². The Kier molecular flexibility index (Phi) is 5.41. The molecule has 0 saturated carbocycles. The topological polar surface area (TPSA) is 68.8 Å². The fourth-order valence-corrected chi connectivity index (χ4v) is 3.67. The van der Waals surface area contributed by atoms with Crippen molar-refractivity contribution < 1.29 is 4.52 Å². The number of thiophene rings is 1. The lowest BCUT2D eigenvalue weighted by Gasteiger charge is -2.02. The zero-order valence-electron chi connectivity index (χ0n) is 15.1. The minimum Gasteiger partial charge on any atom is -0.339 e. The van der Waals surface area contributed by atoms with E-state index in [0.717, 1.165) is 25.3 Å². The molecular weight excluding hydrogens is 358 g/mol. The monoisotopic (exact) mass is 379 g/mol. The summed E-state index contributed by atoms with van der Waals surface area (Å²) < 4.78 is 7.17. The molecule has 1 aromatic carbocycles. The Balaban J connectivity index is 1.44. The van der Waals surface area contributed by atoms with Gasteiger partial charge in [-0.2, -0.15) is 10.1 Å². The van der Waals surface area contributed by atoms with Crippen LogP contribution in [-0.2, 0) is 19.5 Å². The highest BCUT2D eigenvalue weighted by atomic mass is 32.1. The minimum absolute atomic E-state index is 0.665. The maximum absolute atomic E-state index is 5.15. The molecule has 0 aliphatic rings. The van der Waals surface area contributed by atoms with Crippen molar-refractivity contribution in [2.45, 2.75) is 26.4 Å². The molecule has 0 amide bonds. The lowest BCUT2D eigenvalue weighted by Crippen LogP contribution is -2.17. The van der Waals surface area contributed by atoms with Gasteiger partial charge < -0.3 is 9.84 Å². The molecule has 27 heavy (non-hydrogen) atoms. The van der Waals surface area contributed by atoms with Crippen LogP contribution in [0.2, 0.25) is 0 Å². The third-order valence-corrected chi connectivity index (χ3v) is 5.06. The number of aryl methyl sites for hydroxylation is 1. The van der Waals surface area contributed by atoms with E-state index in [2.05, 4.69) is 63.4 Å². The van der Waals surface area contributed by atoms with E-state index in [0.29, 0.717) is 18.1 Å². The molecule has 0 bridgehead atoms. The van der Waals surface area contributed by atoms with Crippen molar-refractivity contribution in [2.24, 2.45) is 0 Å². The molecule has 0 unspecified atom stereocenters. The third-order valence-electron chi connectivity index (χ3n) is 4.18. The summed E-state index contributed by atoms with van der Waals surface area (Å²) in [6.45, 7) is 4.11. The van der Waals surface area contributed by atoms with Crippen LogP contribution in [0.1, 0.15) is 22.8 Å². The summed E-state index contributed by atoms with van der Waals surface area (Å²) in [4.78, 5) is 5.42. The fraction of sp³-hybridized carbons (Fsp3) is 0.250. The first-order chi connectivity index (χ1) is 13.3. The van der Waals surface area contributed by atoms with E-state index in [1.807, 2.05) is 17.7 Å². The average molecular weight is 379 g/mol. The number of rotatable bonds is 8. The van der Waals surface area contributed by atoms with Gasteiger partial charge in [0.15, 0.2) is 5.82 Å². The van der Waals surface area contributed by atoms with Gasteiger partial charge in [-0.05, 0) is 23.9 Å². The first-order valence-corrected chi connectivity index (χ1v) is 9.80. The molecule has 4 rings (SSSR count). The summed E-state index contributed by atoms with van der Waals surface area (Å²) in [7, 11) is 0. The molecule has 0 aliphatic heterocycles. The normalized spacial score (nSPS) is 11.1. The minimum atomic E-state index is 0.665. The third kappa shape index (κ3) is 4.50. The molecule has 0 fully saturated rings. The number of nitrogens with one attached hydrogen (secondary N) is 1. The van der Waals surface area contributed by atoms with Crippen molar-refractivity contribution in [1.29, 1.82) is 0 Å². The van der Waals surface area contributed by atoms with Gasteiger partial charge >= 0.3 is 0 Å². The van der Waals surface area contributed by atoms with Crippen LogP contribution in [0.15, 0.2) is 58.6 Å². The smallest absolute Gasteiger partial charge is 0.227 e. The lowest BCUT2D eigenvalue weighted by atomic mass is 10.2. The number of hydrogen-bond acceptors (Lipinski definition) is 6. The summed E-state index contributed by atoms with van der Waals surface area (Å²) in [5.74, 6) is 1.34. The summed E-state index contributed by atoms with van der Waals surface area (Å²) in [5, 5.41) is 14.2. The average Bonchev–Trinajstić information content (AvgIpc) is 3.41. The Morgan fingerprint density at radius 3 is 2.78 bits per heavy atom. The number of nitrogens with zero attached hydrogens (tertiary/aromatic N) is 4. The first kappa shape index (κ1) is 17.6. The van der Waals surface area contributed by atoms with Crippen LogP contribution in [-0.4, -0.2) is 26.5 Å². The van der Waals surface area contributed by atoms with Crippen molar-refractivity contribution in [1.82, 2.24) is 25.2 Å². The number of aromatic nitrogens is 4. The second-order valence-corrected chi connectivity index (χ2v) is 7.27. The summed E-state index contributed by atoms with van der Waals surface area (Å²) in [5.41, 5.74) is 3.47. The molecule has 0 aliphatic carbocycles. The lowest BCUT2D eigenvalue weighted by molar-refractivity contribution is 0.372. The van der Waals surface area contributed by atoms with Crippen LogP contribution in [0, 0.1) is 6.92 Å². The Morgan fingerprint density at radius 2 is 2.04 bits per heavy atom. The highest BCUT2D eigenvalue weighted by Crippen LogP contribution is 2.27. The molecule has 0 saturated heterocycles. The van der Waals surface area contributed by atoms with E-state index in [4.69, 9.17) is 9.62 Å². The number of benzene rings is 1. The van der Waals surface area contributed by atoms with Gasteiger partial charge in [0.1, 0.15) is 5.69 Å². The summed E-state index contributed by atoms with van der Waals surface area (Å²) >= 11 is 1.71. The fourth-order valence-electron chi connectivity index (χ4n) is 2.92. The highest BCUT2D eigenvalue weighted by Gasteiger charge is 2.12. The summed E-state index contributed by atoms with van der Waals surface area (Å²) in [6.07, 6.45) is 2.85. The van der Waals surface area contributed by atoms with Crippen molar-refractivity contribution in [3.63, 3.8) is 0 Å². The van der Waals surface area contributed by atoms with Gasteiger partial charge in [0, 0.05) is 31.3 Å². The van der Waals surface area contributed by atoms with Gasteiger partial charge in [0.25, 0.3) is 0 Å². The highest BCUT2D eigenvalue weighted by molar-refractivity contribution is 7.13. The van der Waals surface area contributed by atoms with Crippen LogP contribution >= 0.6 is 11.3 Å². The first-order valence-electron chi connectivity index (χ1n) is 8.92. The Bertz CT molecular complexity index is 975. The molecule has 0 radical (unpaired) electrons. The van der Waals surface area contributed by atoms with Crippen LogP contribution in [0.4, 0.5) is 0 Å². The molecule has 0 atom stereocenters. The molecular formula is C20H21N5OS. The zero-order chi connectivity index (χ0) is 18.5. The van der Waals surface area contributed by atoms with E-state index in [1.165, 1.54) is 16.0 Å². The SMILES string of the molecule is Cc1noc(CCNCc2cn(Cc3ccccc3)nc2-c2cccs2)n1. The molecule has 3 heterocycles. The van der Waals surface area contributed by atoms with E-state index in [9.17, 15) is 0 Å². The van der Waals surface area contributed by atoms with Gasteiger partial charge in [-0.25, -0.2) is 0 Å². The maximum atomic E-state index is 5.15. The van der Waals surface area contributed by atoms with Crippen LogP contribution in [0.25, 0.3) is 10.6 Å². The predicted molar refractivity (Wildman–Crippen MR) is 106 cm³/mol. The molecule has 6 nitrogen and oxygen atoms in total. The molecule has 138 valence electrons. The molecule has 1 N–H and O–H groups in total. The van der Waals surface area contributed by atoms with Gasteiger partial charge in [-0.3, -0.25) is 4.68 Å². The van der Waals surface area contributed by atoms with Gasteiger partial charge in [-0.1, -0.05) is 41.6 Å². The van der Waals surface area contributed by atoms with Gasteiger partial charge in [0.2, 0.25) is 5.89 Å². The standard InChI is InChI=1S/C20H21N5OS/c1-15-22-19(26-24-15)9-10-21-12-17-14-25(13-16-6-3-2-4-7-16)23-20(17)18-8-5-11-27-18/h2-8,11,14,21H,9-10,12-13H2,1H3. The van der Waals surface area contributed by atoms with Crippen molar-refractivity contribution in [3.05, 3.63) is 76.9 Å². The van der Waals surface area contributed by atoms with E-state index >= 15 is 0 Å². The quantitative estimate of drug-likeness (QED) is 0.473. The Hall–Kier alpha value is -2.77. The second kappa shape index (κ2) is 8.28. The van der Waals surface area contributed by atoms with Crippen molar-refractivity contribution in [3.8, 4) is 10.6 Å². The molecule has 3 aromatic heterocycles. The Labute approximate surface area is 161 Å². The summed E-state index contributed by atoms with van der Waals surface area (Å²) in [6, 6.07) is 14.6. The van der Waals surface area contributed by atoms with E-state index in [1.54, 1.807) is 11.3 Å². The van der Waals surface area contributed by atoms with Crippen LogP contribution in [0.5, 0.6) is 0 Å². The van der Waals surface area contributed by atoms with Crippen molar-refractivity contribution >= 4 is 11.3 Å². The second-order valence-electron chi connectivity index (χ2n) is 6.33. The maximum Gasteiger partial charge on any atom is 0.227 e. The predicted octanol–water partition coefficient (Wildman–Crippen LogP) is 3.68.